The minimum atomic E-state index is -0.435. The molecule has 0 amide bonds. The predicted octanol–water partition coefficient (Wildman–Crippen LogP) is 2.91. The molecule has 0 saturated heterocycles. The minimum absolute atomic E-state index is 0.112. The Bertz CT molecular complexity index is 324. The number of rotatable bonds is 3. The van der Waals surface area contributed by atoms with Crippen LogP contribution in [-0.2, 0) is 0 Å². The lowest BCUT2D eigenvalue weighted by atomic mass is 10.2. The fourth-order valence-corrected chi connectivity index (χ4v) is 1.57. The van der Waals surface area contributed by atoms with E-state index in [9.17, 15) is 4.39 Å². The highest BCUT2D eigenvalue weighted by Crippen LogP contribution is 2.31. The highest BCUT2D eigenvalue weighted by atomic mass is 35.5. The summed E-state index contributed by atoms with van der Waals surface area (Å²) in [5.74, 6) is -0.435. The van der Waals surface area contributed by atoms with Crippen LogP contribution in [-0.4, -0.2) is 13.1 Å². The Kier molecular flexibility index (Phi) is 3.58. The summed E-state index contributed by atoms with van der Waals surface area (Å²) >= 11 is 5.69. The van der Waals surface area contributed by atoms with Crippen LogP contribution in [0, 0.1) is 5.82 Å². The molecule has 14 heavy (non-hydrogen) atoms. The lowest BCUT2D eigenvalue weighted by molar-refractivity contribution is 0.621. The number of nitrogen functional groups attached to an aromatic ring is 1. The molecule has 0 atom stereocenters. The second kappa shape index (κ2) is 4.51. The Labute approximate surface area is 88.5 Å². The Hall–Kier alpha value is -0.960. The number of anilines is 2. The number of halogens is 2. The van der Waals surface area contributed by atoms with Crippen LogP contribution in [0.2, 0.25) is 5.02 Å². The van der Waals surface area contributed by atoms with Crippen molar-refractivity contribution in [1.29, 1.82) is 0 Å². The monoisotopic (exact) mass is 216 g/mol. The quantitative estimate of drug-likeness (QED) is 0.788. The Balaban J connectivity index is 3.23. The SMILES string of the molecule is CCN(CC)c1c(N)ccc(Cl)c1F. The third-order valence-corrected chi connectivity index (χ3v) is 2.47. The van der Waals surface area contributed by atoms with Crippen molar-refractivity contribution in [2.75, 3.05) is 23.7 Å². The molecule has 0 radical (unpaired) electrons. The normalized spacial score (nSPS) is 10.3. The van der Waals surface area contributed by atoms with Gasteiger partial charge in [0.15, 0.2) is 5.82 Å². The van der Waals surface area contributed by atoms with Crippen LogP contribution < -0.4 is 10.6 Å². The summed E-state index contributed by atoms with van der Waals surface area (Å²) in [6.45, 7) is 5.31. The van der Waals surface area contributed by atoms with E-state index in [4.69, 9.17) is 17.3 Å². The van der Waals surface area contributed by atoms with Crippen molar-refractivity contribution in [2.24, 2.45) is 0 Å². The maximum atomic E-state index is 13.6. The zero-order chi connectivity index (χ0) is 10.7. The predicted molar refractivity (Wildman–Crippen MR) is 59.4 cm³/mol. The largest absolute Gasteiger partial charge is 0.397 e. The van der Waals surface area contributed by atoms with Gasteiger partial charge >= 0.3 is 0 Å². The van der Waals surface area contributed by atoms with Crippen LogP contribution in [0.5, 0.6) is 0 Å². The van der Waals surface area contributed by atoms with E-state index >= 15 is 0 Å². The molecule has 1 aromatic carbocycles. The van der Waals surface area contributed by atoms with Crippen molar-refractivity contribution >= 4 is 23.0 Å². The van der Waals surface area contributed by atoms with Gasteiger partial charge in [0.1, 0.15) is 0 Å². The van der Waals surface area contributed by atoms with Gasteiger partial charge < -0.3 is 10.6 Å². The average molecular weight is 217 g/mol. The third-order valence-electron chi connectivity index (χ3n) is 2.18. The molecule has 1 aromatic rings. The zero-order valence-corrected chi connectivity index (χ0v) is 9.11. The van der Waals surface area contributed by atoms with E-state index in [2.05, 4.69) is 0 Å². The first-order chi connectivity index (χ1) is 6.61. The molecule has 4 heteroatoms. The van der Waals surface area contributed by atoms with Gasteiger partial charge in [-0.05, 0) is 26.0 Å². The molecule has 0 aliphatic heterocycles. The molecule has 0 aromatic heterocycles. The molecule has 0 aliphatic carbocycles. The molecule has 0 aliphatic rings. The van der Waals surface area contributed by atoms with Crippen molar-refractivity contribution in [2.45, 2.75) is 13.8 Å². The molecule has 0 fully saturated rings. The van der Waals surface area contributed by atoms with E-state index in [1.165, 1.54) is 6.07 Å². The van der Waals surface area contributed by atoms with Gasteiger partial charge in [-0.3, -0.25) is 0 Å². The lowest BCUT2D eigenvalue weighted by Gasteiger charge is -2.23. The topological polar surface area (TPSA) is 29.3 Å². The molecule has 1 rings (SSSR count). The Morgan fingerprint density at radius 3 is 2.43 bits per heavy atom. The lowest BCUT2D eigenvalue weighted by Crippen LogP contribution is -2.24. The molecule has 0 spiro atoms. The van der Waals surface area contributed by atoms with Crippen molar-refractivity contribution in [3.05, 3.63) is 23.0 Å². The van der Waals surface area contributed by atoms with Crippen molar-refractivity contribution in [3.8, 4) is 0 Å². The van der Waals surface area contributed by atoms with E-state index in [-0.39, 0.29) is 5.02 Å². The Morgan fingerprint density at radius 1 is 1.36 bits per heavy atom. The highest BCUT2D eigenvalue weighted by molar-refractivity contribution is 6.31. The standard InChI is InChI=1S/C10H14ClFN2/c1-3-14(4-2)10-8(13)6-5-7(11)9(10)12/h5-6H,3-4,13H2,1-2H3. The molecular weight excluding hydrogens is 203 g/mol. The van der Waals surface area contributed by atoms with Crippen LogP contribution in [0.1, 0.15) is 13.8 Å². The van der Waals surface area contributed by atoms with Gasteiger partial charge in [-0.25, -0.2) is 4.39 Å². The first-order valence-electron chi connectivity index (χ1n) is 4.60. The van der Waals surface area contributed by atoms with E-state index in [0.29, 0.717) is 24.5 Å². The molecule has 0 bridgehead atoms. The van der Waals surface area contributed by atoms with Crippen LogP contribution in [0.4, 0.5) is 15.8 Å². The summed E-state index contributed by atoms with van der Waals surface area (Å²) in [5.41, 5.74) is 6.53. The highest BCUT2D eigenvalue weighted by Gasteiger charge is 2.14. The van der Waals surface area contributed by atoms with Gasteiger partial charge in [0, 0.05) is 13.1 Å². The van der Waals surface area contributed by atoms with Crippen LogP contribution >= 0.6 is 11.6 Å². The van der Waals surface area contributed by atoms with Gasteiger partial charge in [0.2, 0.25) is 0 Å². The van der Waals surface area contributed by atoms with Gasteiger partial charge in [-0.15, -0.1) is 0 Å². The molecule has 2 N–H and O–H groups in total. The first kappa shape index (κ1) is 11.1. The summed E-state index contributed by atoms with van der Waals surface area (Å²) in [6, 6.07) is 3.10. The second-order valence-electron chi connectivity index (χ2n) is 2.97. The van der Waals surface area contributed by atoms with Gasteiger partial charge in [-0.2, -0.15) is 0 Å². The zero-order valence-electron chi connectivity index (χ0n) is 8.35. The maximum absolute atomic E-state index is 13.6. The number of hydrogen-bond donors (Lipinski definition) is 1. The van der Waals surface area contributed by atoms with Crippen LogP contribution in [0.3, 0.4) is 0 Å². The first-order valence-corrected chi connectivity index (χ1v) is 4.98. The van der Waals surface area contributed by atoms with Crippen molar-refractivity contribution in [3.63, 3.8) is 0 Å². The molecule has 0 unspecified atom stereocenters. The van der Waals surface area contributed by atoms with Gasteiger partial charge in [0.05, 0.1) is 16.4 Å². The minimum Gasteiger partial charge on any atom is -0.397 e. The molecule has 2 nitrogen and oxygen atoms in total. The average Bonchev–Trinajstić information content (AvgIpc) is 2.19. The van der Waals surface area contributed by atoms with Gasteiger partial charge in [0.25, 0.3) is 0 Å². The van der Waals surface area contributed by atoms with E-state index in [1.807, 2.05) is 18.7 Å². The molecule has 0 heterocycles. The summed E-state index contributed by atoms with van der Waals surface area (Å²) in [7, 11) is 0. The van der Waals surface area contributed by atoms with Crippen molar-refractivity contribution in [1.82, 2.24) is 0 Å². The number of hydrogen-bond acceptors (Lipinski definition) is 2. The third kappa shape index (κ3) is 1.93. The summed E-state index contributed by atoms with van der Waals surface area (Å²) in [4.78, 5) is 1.84. The molecule has 0 saturated carbocycles. The van der Waals surface area contributed by atoms with Crippen molar-refractivity contribution < 1.29 is 4.39 Å². The number of nitrogens with two attached hydrogens (primary N) is 1. The van der Waals surface area contributed by atoms with Crippen LogP contribution in [0.15, 0.2) is 12.1 Å². The molecular formula is C10H14ClFN2. The summed E-state index contributed by atoms with van der Waals surface area (Å²) in [6.07, 6.45) is 0. The van der Waals surface area contributed by atoms with E-state index < -0.39 is 5.82 Å². The fraction of sp³-hybridized carbons (Fsp3) is 0.400. The van der Waals surface area contributed by atoms with E-state index in [0.717, 1.165) is 0 Å². The van der Waals surface area contributed by atoms with E-state index in [1.54, 1.807) is 6.07 Å². The summed E-state index contributed by atoms with van der Waals surface area (Å²) < 4.78 is 13.6. The second-order valence-corrected chi connectivity index (χ2v) is 3.38. The van der Waals surface area contributed by atoms with Crippen LogP contribution in [0.25, 0.3) is 0 Å². The maximum Gasteiger partial charge on any atom is 0.167 e. The Morgan fingerprint density at radius 2 is 1.93 bits per heavy atom. The van der Waals surface area contributed by atoms with Gasteiger partial charge in [-0.1, -0.05) is 11.6 Å². The summed E-state index contributed by atoms with van der Waals surface area (Å²) in [5, 5.41) is 0.112. The number of benzene rings is 1. The smallest absolute Gasteiger partial charge is 0.167 e. The number of nitrogens with zero attached hydrogens (tertiary/aromatic N) is 1. The molecule has 78 valence electrons. The fourth-order valence-electron chi connectivity index (χ4n) is 1.42.